The third kappa shape index (κ3) is 1.12. The normalized spacial score (nSPS) is 47.3. The molecule has 1 heterocycles. The molecule has 80 valence electrons. The first-order chi connectivity index (χ1) is 7.40. The maximum atomic E-state index is 4.37. The van der Waals surface area contributed by atoms with Crippen LogP contribution in [0.5, 0.6) is 0 Å². The van der Waals surface area contributed by atoms with Gasteiger partial charge in [0.25, 0.3) is 0 Å². The van der Waals surface area contributed by atoms with Gasteiger partial charge in [0.2, 0.25) is 0 Å². The number of rotatable bonds is 1. The average Bonchev–Trinajstić information content (AvgIpc) is 2.69. The van der Waals surface area contributed by atoms with Crippen LogP contribution < -0.4 is 0 Å². The summed E-state index contributed by atoms with van der Waals surface area (Å²) in [5.74, 6) is 3.91. The first-order valence-corrected chi connectivity index (χ1v) is 6.24. The van der Waals surface area contributed by atoms with Crippen LogP contribution in [0.3, 0.4) is 0 Å². The lowest BCUT2D eigenvalue weighted by Crippen LogP contribution is -2.46. The Morgan fingerprint density at radius 2 is 1.60 bits per heavy atom. The molecular weight excluding hydrogens is 186 g/mol. The summed E-state index contributed by atoms with van der Waals surface area (Å²) in [6.45, 7) is 0. The van der Waals surface area contributed by atoms with Gasteiger partial charge in [0.05, 0.1) is 6.04 Å². The van der Waals surface area contributed by atoms with E-state index in [0.29, 0.717) is 6.04 Å². The molecule has 0 N–H and O–H groups in total. The van der Waals surface area contributed by atoms with E-state index in [-0.39, 0.29) is 0 Å². The van der Waals surface area contributed by atoms with E-state index in [0.717, 1.165) is 23.7 Å². The zero-order valence-corrected chi connectivity index (χ0v) is 8.92. The molecule has 4 fully saturated rings. The predicted octanol–water partition coefficient (Wildman–Crippen LogP) is 2.28. The van der Waals surface area contributed by atoms with Crippen LogP contribution in [-0.4, -0.2) is 14.8 Å². The van der Waals surface area contributed by atoms with Crippen molar-refractivity contribution in [3.05, 3.63) is 12.7 Å². The fourth-order valence-electron chi connectivity index (χ4n) is 4.70. The summed E-state index contributed by atoms with van der Waals surface area (Å²) in [5.41, 5.74) is 0. The highest BCUT2D eigenvalue weighted by molar-refractivity contribution is 5.00. The quantitative estimate of drug-likeness (QED) is 0.701. The van der Waals surface area contributed by atoms with Crippen LogP contribution in [0.1, 0.15) is 38.1 Å². The molecule has 0 spiro atoms. The first kappa shape index (κ1) is 8.31. The van der Waals surface area contributed by atoms with E-state index in [1.54, 1.807) is 6.33 Å². The Kier molecular flexibility index (Phi) is 1.57. The fraction of sp³-hybridized carbons (Fsp3) is 0.833. The maximum Gasteiger partial charge on any atom is 0.137 e. The van der Waals surface area contributed by atoms with Gasteiger partial charge in [-0.2, -0.15) is 5.10 Å². The highest BCUT2D eigenvalue weighted by Gasteiger charge is 2.49. The second-order valence-electron chi connectivity index (χ2n) is 5.80. The number of hydrogen-bond acceptors (Lipinski definition) is 2. The monoisotopic (exact) mass is 203 g/mol. The predicted molar refractivity (Wildman–Crippen MR) is 56.1 cm³/mol. The molecular formula is C12H17N3. The molecule has 0 radical (unpaired) electrons. The second-order valence-corrected chi connectivity index (χ2v) is 5.80. The molecule has 3 nitrogen and oxygen atoms in total. The molecule has 4 bridgehead atoms. The molecule has 0 atom stereocenters. The molecule has 0 aromatic carbocycles. The van der Waals surface area contributed by atoms with Gasteiger partial charge in [-0.05, 0) is 55.8 Å². The second kappa shape index (κ2) is 2.83. The van der Waals surface area contributed by atoms with Crippen molar-refractivity contribution in [2.75, 3.05) is 0 Å². The highest BCUT2D eigenvalue weighted by atomic mass is 15.3. The van der Waals surface area contributed by atoms with E-state index in [4.69, 9.17) is 0 Å². The maximum absolute atomic E-state index is 4.37. The van der Waals surface area contributed by atoms with E-state index < -0.39 is 0 Å². The Labute approximate surface area is 89.9 Å². The molecule has 0 amide bonds. The minimum Gasteiger partial charge on any atom is -0.249 e. The highest BCUT2D eigenvalue weighted by Crippen LogP contribution is 2.57. The van der Waals surface area contributed by atoms with E-state index >= 15 is 0 Å². The summed E-state index contributed by atoms with van der Waals surface area (Å²) in [6, 6.07) is 0.681. The summed E-state index contributed by atoms with van der Waals surface area (Å²) in [6.07, 6.45) is 11.0. The van der Waals surface area contributed by atoms with E-state index in [1.807, 2.05) is 6.33 Å². The van der Waals surface area contributed by atoms with Gasteiger partial charge in [-0.3, -0.25) is 0 Å². The Hall–Kier alpha value is -0.860. The van der Waals surface area contributed by atoms with E-state index in [1.165, 1.54) is 32.1 Å². The molecule has 4 saturated carbocycles. The van der Waals surface area contributed by atoms with Gasteiger partial charge in [-0.1, -0.05) is 0 Å². The van der Waals surface area contributed by atoms with Crippen molar-refractivity contribution in [3.63, 3.8) is 0 Å². The van der Waals surface area contributed by atoms with Gasteiger partial charge in [0.15, 0.2) is 0 Å². The van der Waals surface area contributed by atoms with Gasteiger partial charge >= 0.3 is 0 Å². The number of hydrogen-bond donors (Lipinski definition) is 0. The molecule has 1 aromatic heterocycles. The van der Waals surface area contributed by atoms with Crippen LogP contribution in [0.4, 0.5) is 0 Å². The van der Waals surface area contributed by atoms with Crippen LogP contribution in [0.25, 0.3) is 0 Å². The minimum atomic E-state index is 0.681. The van der Waals surface area contributed by atoms with Gasteiger partial charge < -0.3 is 0 Å². The average molecular weight is 203 g/mol. The van der Waals surface area contributed by atoms with Crippen molar-refractivity contribution in [2.45, 2.75) is 38.1 Å². The van der Waals surface area contributed by atoms with Crippen molar-refractivity contribution in [2.24, 2.45) is 23.7 Å². The SMILES string of the molecule is c1ncn(C2C3CC4CC(C3)CC2C4)n1. The van der Waals surface area contributed by atoms with Crippen molar-refractivity contribution in [1.29, 1.82) is 0 Å². The smallest absolute Gasteiger partial charge is 0.137 e. The Balaban J connectivity index is 1.71. The summed E-state index contributed by atoms with van der Waals surface area (Å²) >= 11 is 0. The number of nitrogens with zero attached hydrogens (tertiary/aromatic N) is 3. The molecule has 0 saturated heterocycles. The molecule has 15 heavy (non-hydrogen) atoms. The molecule has 0 unspecified atom stereocenters. The molecule has 5 rings (SSSR count). The summed E-state index contributed by atoms with van der Waals surface area (Å²) in [7, 11) is 0. The lowest BCUT2D eigenvalue weighted by Gasteiger charge is -2.54. The number of aromatic nitrogens is 3. The molecule has 4 aliphatic rings. The molecule has 0 aliphatic heterocycles. The van der Waals surface area contributed by atoms with Crippen LogP contribution in [0.15, 0.2) is 12.7 Å². The zero-order valence-electron chi connectivity index (χ0n) is 8.92. The lowest BCUT2D eigenvalue weighted by molar-refractivity contribution is -0.0337. The largest absolute Gasteiger partial charge is 0.249 e. The Morgan fingerprint density at radius 1 is 0.933 bits per heavy atom. The third-order valence-corrected chi connectivity index (χ3v) is 4.92. The van der Waals surface area contributed by atoms with Gasteiger partial charge in [-0.15, -0.1) is 0 Å². The minimum absolute atomic E-state index is 0.681. The third-order valence-electron chi connectivity index (χ3n) is 4.92. The van der Waals surface area contributed by atoms with Crippen LogP contribution >= 0.6 is 0 Å². The van der Waals surface area contributed by atoms with E-state index in [2.05, 4.69) is 14.8 Å². The van der Waals surface area contributed by atoms with Crippen LogP contribution in [-0.2, 0) is 0 Å². The van der Waals surface area contributed by atoms with Gasteiger partial charge in [-0.25, -0.2) is 9.67 Å². The van der Waals surface area contributed by atoms with E-state index in [9.17, 15) is 0 Å². The van der Waals surface area contributed by atoms with Crippen LogP contribution in [0.2, 0.25) is 0 Å². The lowest BCUT2D eigenvalue weighted by atomic mass is 9.54. The van der Waals surface area contributed by atoms with Crippen molar-refractivity contribution in [3.8, 4) is 0 Å². The summed E-state index contributed by atoms with van der Waals surface area (Å²) in [4.78, 5) is 4.11. The summed E-state index contributed by atoms with van der Waals surface area (Å²) in [5, 5.41) is 4.37. The standard InChI is InChI=1S/C12H17N3/c1-8-2-10-4-9(1)5-11(3-8)12(10)15-7-13-6-14-15/h6-12H,1-5H2. The van der Waals surface area contributed by atoms with Gasteiger partial charge in [0, 0.05) is 0 Å². The Morgan fingerprint density at radius 3 is 2.13 bits per heavy atom. The summed E-state index contributed by atoms with van der Waals surface area (Å²) < 4.78 is 2.15. The van der Waals surface area contributed by atoms with Crippen molar-refractivity contribution >= 4 is 0 Å². The topological polar surface area (TPSA) is 30.7 Å². The Bertz CT molecular complexity index is 329. The zero-order chi connectivity index (χ0) is 9.83. The van der Waals surface area contributed by atoms with Crippen LogP contribution in [0, 0.1) is 23.7 Å². The van der Waals surface area contributed by atoms with Crippen molar-refractivity contribution < 1.29 is 0 Å². The first-order valence-electron chi connectivity index (χ1n) is 6.24. The fourth-order valence-corrected chi connectivity index (χ4v) is 4.70. The van der Waals surface area contributed by atoms with Crippen molar-refractivity contribution in [1.82, 2.24) is 14.8 Å². The molecule has 4 aliphatic carbocycles. The molecule has 1 aromatic rings. The van der Waals surface area contributed by atoms with Gasteiger partial charge in [0.1, 0.15) is 12.7 Å². The molecule has 3 heteroatoms.